The van der Waals surface area contributed by atoms with Crippen molar-refractivity contribution < 1.29 is 0 Å². The van der Waals surface area contributed by atoms with E-state index in [2.05, 4.69) is 49.5 Å². The van der Waals surface area contributed by atoms with Gasteiger partial charge in [-0.05, 0) is 55.5 Å². The molecule has 0 spiro atoms. The molecule has 2 heteroatoms. The van der Waals surface area contributed by atoms with Crippen LogP contribution in [0.2, 0.25) is 0 Å². The summed E-state index contributed by atoms with van der Waals surface area (Å²) in [5, 5.41) is 3.64. The Morgan fingerprint density at radius 2 is 1.89 bits per heavy atom. The van der Waals surface area contributed by atoms with Crippen LogP contribution in [0.3, 0.4) is 0 Å². The minimum atomic E-state index is 0.793. The first-order valence-corrected chi connectivity index (χ1v) is 8.15. The first-order valence-electron chi connectivity index (χ1n) is 7.17. The molecule has 1 nitrogen and oxygen atoms in total. The van der Waals surface area contributed by atoms with Gasteiger partial charge < -0.3 is 5.32 Å². The second-order valence-electron chi connectivity index (χ2n) is 5.59. The van der Waals surface area contributed by atoms with Crippen LogP contribution in [0.1, 0.15) is 33.1 Å². The molecule has 1 aliphatic carbocycles. The number of benzene rings is 1. The third kappa shape index (κ3) is 5.03. The lowest BCUT2D eigenvalue weighted by atomic mass is 9.93. The van der Waals surface area contributed by atoms with E-state index < -0.39 is 0 Å². The van der Waals surface area contributed by atoms with E-state index in [0.29, 0.717) is 0 Å². The Kier molecular flexibility index (Phi) is 5.58. The number of nitrogens with one attached hydrogen (secondary N) is 1. The Labute approximate surface area is 116 Å². The van der Waals surface area contributed by atoms with Crippen molar-refractivity contribution in [2.24, 2.45) is 11.8 Å². The molecule has 2 atom stereocenters. The number of hydrogen-bond donors (Lipinski definition) is 1. The van der Waals surface area contributed by atoms with E-state index in [0.717, 1.165) is 17.9 Å². The highest BCUT2D eigenvalue weighted by Gasteiger charge is 2.22. The van der Waals surface area contributed by atoms with Gasteiger partial charge in [-0.15, -0.1) is 11.8 Å². The maximum Gasteiger partial charge on any atom is 0.00719 e. The summed E-state index contributed by atoms with van der Waals surface area (Å²) in [6.45, 7) is 5.97. The third-order valence-corrected chi connectivity index (χ3v) is 4.91. The summed E-state index contributed by atoms with van der Waals surface area (Å²) in [6, 6.07) is 11.6. The van der Waals surface area contributed by atoms with E-state index in [1.807, 2.05) is 11.8 Å². The monoisotopic (exact) mass is 263 g/mol. The Bertz CT molecular complexity index is 334. The molecular weight excluding hydrogens is 238 g/mol. The summed E-state index contributed by atoms with van der Waals surface area (Å²) in [7, 11) is 0. The quantitative estimate of drug-likeness (QED) is 0.706. The Balaban J connectivity index is 1.59. The molecule has 0 heterocycles. The Hall–Kier alpha value is -0.470. The lowest BCUT2D eigenvalue weighted by Crippen LogP contribution is -2.27. The number of hydrogen-bond acceptors (Lipinski definition) is 2. The molecule has 0 radical (unpaired) electrons. The van der Waals surface area contributed by atoms with Crippen molar-refractivity contribution in [3.8, 4) is 0 Å². The van der Waals surface area contributed by atoms with Gasteiger partial charge in [-0.3, -0.25) is 0 Å². The molecule has 1 saturated carbocycles. The van der Waals surface area contributed by atoms with Crippen LogP contribution in [-0.4, -0.2) is 18.3 Å². The van der Waals surface area contributed by atoms with Gasteiger partial charge >= 0.3 is 0 Å². The predicted molar refractivity (Wildman–Crippen MR) is 81.1 cm³/mol. The van der Waals surface area contributed by atoms with Crippen LogP contribution in [0, 0.1) is 11.8 Å². The summed E-state index contributed by atoms with van der Waals surface area (Å²) < 4.78 is 0. The van der Waals surface area contributed by atoms with Gasteiger partial charge in [0, 0.05) is 10.9 Å². The van der Waals surface area contributed by atoms with Crippen molar-refractivity contribution >= 4 is 11.8 Å². The van der Waals surface area contributed by atoms with Crippen molar-refractivity contribution in [3.05, 3.63) is 30.3 Å². The summed E-state index contributed by atoms with van der Waals surface area (Å²) >= 11 is 1.98. The highest BCUT2D eigenvalue weighted by atomic mass is 32.2. The molecule has 2 rings (SSSR count). The highest BCUT2D eigenvalue weighted by Crippen LogP contribution is 2.24. The fraction of sp³-hybridized carbons (Fsp3) is 0.625. The van der Waals surface area contributed by atoms with Gasteiger partial charge in [0.15, 0.2) is 0 Å². The summed E-state index contributed by atoms with van der Waals surface area (Å²) in [5.74, 6) is 2.84. The number of thioether (sulfide) groups is 1. The zero-order valence-electron chi connectivity index (χ0n) is 11.6. The Morgan fingerprint density at radius 1 is 1.17 bits per heavy atom. The minimum absolute atomic E-state index is 0.793. The van der Waals surface area contributed by atoms with Gasteiger partial charge in [-0.1, -0.05) is 32.0 Å². The first kappa shape index (κ1) is 14.0. The maximum atomic E-state index is 3.64. The van der Waals surface area contributed by atoms with Crippen LogP contribution in [0.4, 0.5) is 0 Å². The average Bonchev–Trinajstić information content (AvgIpc) is 3.21. The van der Waals surface area contributed by atoms with Crippen LogP contribution in [0.15, 0.2) is 35.2 Å². The molecule has 18 heavy (non-hydrogen) atoms. The molecule has 100 valence electrons. The van der Waals surface area contributed by atoms with Crippen molar-refractivity contribution in [1.82, 2.24) is 5.32 Å². The average molecular weight is 263 g/mol. The largest absolute Gasteiger partial charge is 0.314 e. The maximum absolute atomic E-state index is 3.64. The normalized spacial score (nSPS) is 18.6. The molecule has 2 unspecified atom stereocenters. The van der Waals surface area contributed by atoms with E-state index in [9.17, 15) is 0 Å². The molecule has 0 amide bonds. The van der Waals surface area contributed by atoms with Gasteiger partial charge in [-0.2, -0.15) is 0 Å². The lowest BCUT2D eigenvalue weighted by Gasteiger charge is -2.20. The van der Waals surface area contributed by atoms with Gasteiger partial charge in [0.05, 0.1) is 0 Å². The van der Waals surface area contributed by atoms with Crippen LogP contribution in [0.5, 0.6) is 0 Å². The molecule has 1 aromatic rings. The van der Waals surface area contributed by atoms with E-state index in [1.165, 1.54) is 36.5 Å². The predicted octanol–water partition coefficient (Wildman–Crippen LogP) is 4.19. The third-order valence-electron chi connectivity index (χ3n) is 3.86. The molecule has 0 aliphatic heterocycles. The molecule has 0 aromatic heterocycles. The van der Waals surface area contributed by atoms with Crippen molar-refractivity contribution in [2.75, 3.05) is 12.3 Å². The molecular formula is C16H25NS. The number of rotatable bonds is 8. The van der Waals surface area contributed by atoms with Gasteiger partial charge in [-0.25, -0.2) is 0 Å². The second kappa shape index (κ2) is 7.20. The summed E-state index contributed by atoms with van der Waals surface area (Å²) in [4.78, 5) is 1.40. The van der Waals surface area contributed by atoms with Crippen LogP contribution >= 0.6 is 11.8 Å². The molecule has 1 N–H and O–H groups in total. The van der Waals surface area contributed by atoms with E-state index in [4.69, 9.17) is 0 Å². The first-order chi connectivity index (χ1) is 8.75. The van der Waals surface area contributed by atoms with E-state index >= 15 is 0 Å². The highest BCUT2D eigenvalue weighted by molar-refractivity contribution is 7.99. The minimum Gasteiger partial charge on any atom is -0.314 e. The molecule has 0 saturated heterocycles. The van der Waals surface area contributed by atoms with Crippen LogP contribution in [-0.2, 0) is 0 Å². The van der Waals surface area contributed by atoms with Crippen molar-refractivity contribution in [2.45, 2.75) is 44.0 Å². The topological polar surface area (TPSA) is 12.0 Å². The van der Waals surface area contributed by atoms with Gasteiger partial charge in [0.1, 0.15) is 0 Å². The molecule has 1 aliphatic rings. The fourth-order valence-electron chi connectivity index (χ4n) is 2.01. The molecule has 1 aromatic carbocycles. The Morgan fingerprint density at radius 3 is 2.56 bits per heavy atom. The van der Waals surface area contributed by atoms with Gasteiger partial charge in [0.25, 0.3) is 0 Å². The zero-order chi connectivity index (χ0) is 12.8. The lowest BCUT2D eigenvalue weighted by molar-refractivity contribution is 0.359. The van der Waals surface area contributed by atoms with E-state index in [1.54, 1.807) is 0 Å². The second-order valence-corrected chi connectivity index (χ2v) is 6.76. The zero-order valence-corrected chi connectivity index (χ0v) is 12.4. The smallest absolute Gasteiger partial charge is 0.00719 e. The molecule has 0 bridgehead atoms. The fourth-order valence-corrected chi connectivity index (χ4v) is 3.08. The van der Waals surface area contributed by atoms with E-state index in [-0.39, 0.29) is 0 Å². The summed E-state index contributed by atoms with van der Waals surface area (Å²) in [6.07, 6.45) is 4.10. The SMILES string of the molecule is CC(CCSc1ccccc1)C(C)CNC1CC1. The van der Waals surface area contributed by atoms with Crippen molar-refractivity contribution in [3.63, 3.8) is 0 Å². The van der Waals surface area contributed by atoms with Crippen LogP contribution in [0.25, 0.3) is 0 Å². The van der Waals surface area contributed by atoms with Gasteiger partial charge in [0.2, 0.25) is 0 Å². The van der Waals surface area contributed by atoms with Crippen molar-refractivity contribution in [1.29, 1.82) is 0 Å². The molecule has 1 fully saturated rings. The standard InChI is InChI=1S/C16H25NS/c1-13(14(2)12-17-15-8-9-15)10-11-18-16-6-4-3-5-7-16/h3-7,13-15,17H,8-12H2,1-2H3. The summed E-state index contributed by atoms with van der Waals surface area (Å²) in [5.41, 5.74) is 0. The van der Waals surface area contributed by atoms with Crippen LogP contribution < -0.4 is 5.32 Å².